The number of hydrogen-bond acceptors (Lipinski definition) is 5. The van der Waals surface area contributed by atoms with Crippen molar-refractivity contribution in [1.29, 1.82) is 0 Å². The largest absolute Gasteiger partial charge is 0.336 e. The van der Waals surface area contributed by atoms with Gasteiger partial charge in [-0.1, -0.05) is 17.7 Å². The highest BCUT2D eigenvalue weighted by molar-refractivity contribution is 7.13. The Balaban J connectivity index is 1.41. The van der Waals surface area contributed by atoms with Gasteiger partial charge in [0.05, 0.1) is 21.5 Å². The Bertz CT molecular complexity index is 971. The van der Waals surface area contributed by atoms with Crippen LogP contribution in [0.2, 0.25) is 5.02 Å². The van der Waals surface area contributed by atoms with Gasteiger partial charge in [0, 0.05) is 19.3 Å². The Kier molecular flexibility index (Phi) is 5.40. The minimum atomic E-state index is -0.286. The highest BCUT2D eigenvalue weighted by atomic mass is 35.5. The van der Waals surface area contributed by atoms with Crippen molar-refractivity contribution in [2.75, 3.05) is 18.4 Å². The van der Waals surface area contributed by atoms with Crippen LogP contribution in [-0.2, 0) is 4.79 Å². The molecule has 0 spiro atoms. The van der Waals surface area contributed by atoms with Gasteiger partial charge in [-0.25, -0.2) is 4.98 Å². The molecule has 1 unspecified atom stereocenters. The first-order chi connectivity index (χ1) is 13.6. The summed E-state index contributed by atoms with van der Waals surface area (Å²) in [6, 6.07) is 9.01. The molecule has 0 radical (unpaired) electrons. The van der Waals surface area contributed by atoms with Gasteiger partial charge in [-0.2, -0.15) is 5.10 Å². The van der Waals surface area contributed by atoms with Gasteiger partial charge in [0.15, 0.2) is 5.69 Å². The molecule has 1 aliphatic heterocycles. The van der Waals surface area contributed by atoms with E-state index in [2.05, 4.69) is 20.5 Å². The third kappa shape index (κ3) is 4.07. The molecule has 1 saturated heterocycles. The van der Waals surface area contributed by atoms with Crippen molar-refractivity contribution in [3.8, 4) is 10.6 Å². The summed E-state index contributed by atoms with van der Waals surface area (Å²) in [5, 5.41) is 12.3. The lowest BCUT2D eigenvalue weighted by Crippen LogP contribution is -2.44. The molecule has 0 aliphatic carbocycles. The SMILES string of the molecule is O=C(Nc1ccc(Cl)cn1)C1CCCN(C(=O)c2cc(-c3cccs3)[nH]n2)C1. The molecule has 7 nitrogen and oxygen atoms in total. The molecular formula is C19H18ClN5O2S. The second-order valence-electron chi connectivity index (χ2n) is 6.59. The Morgan fingerprint density at radius 3 is 2.96 bits per heavy atom. The number of aromatic amines is 1. The van der Waals surface area contributed by atoms with Gasteiger partial charge in [-0.15, -0.1) is 11.3 Å². The average molecular weight is 416 g/mol. The molecule has 0 bridgehead atoms. The third-order valence-electron chi connectivity index (χ3n) is 4.64. The molecule has 28 heavy (non-hydrogen) atoms. The maximum Gasteiger partial charge on any atom is 0.274 e. The number of pyridine rings is 1. The van der Waals surface area contributed by atoms with E-state index < -0.39 is 0 Å². The van der Waals surface area contributed by atoms with Gasteiger partial charge < -0.3 is 10.2 Å². The lowest BCUT2D eigenvalue weighted by atomic mass is 9.97. The van der Waals surface area contributed by atoms with Crippen LogP contribution < -0.4 is 5.32 Å². The summed E-state index contributed by atoms with van der Waals surface area (Å²) in [6.07, 6.45) is 2.97. The van der Waals surface area contributed by atoms with E-state index >= 15 is 0 Å². The van der Waals surface area contributed by atoms with E-state index in [1.54, 1.807) is 34.4 Å². The molecule has 3 aromatic heterocycles. The normalized spacial score (nSPS) is 16.8. The van der Waals surface area contributed by atoms with Crippen LogP contribution in [0.1, 0.15) is 23.3 Å². The number of likely N-dealkylation sites (tertiary alicyclic amines) is 1. The van der Waals surface area contributed by atoms with Gasteiger partial charge in [-0.05, 0) is 42.5 Å². The molecule has 9 heteroatoms. The number of anilines is 1. The summed E-state index contributed by atoms with van der Waals surface area (Å²) in [6.45, 7) is 0.975. The van der Waals surface area contributed by atoms with Crippen molar-refractivity contribution < 1.29 is 9.59 Å². The van der Waals surface area contributed by atoms with Gasteiger partial charge in [0.1, 0.15) is 5.82 Å². The van der Waals surface area contributed by atoms with Crippen LogP contribution in [-0.4, -0.2) is 45.0 Å². The second-order valence-corrected chi connectivity index (χ2v) is 7.97. The fourth-order valence-electron chi connectivity index (χ4n) is 3.20. The number of aromatic nitrogens is 3. The maximum absolute atomic E-state index is 12.8. The molecule has 0 aromatic carbocycles. The summed E-state index contributed by atoms with van der Waals surface area (Å²) < 4.78 is 0. The van der Waals surface area contributed by atoms with Crippen molar-refractivity contribution in [3.05, 3.63) is 52.6 Å². The van der Waals surface area contributed by atoms with Crippen molar-refractivity contribution >= 4 is 40.6 Å². The van der Waals surface area contributed by atoms with Crippen LogP contribution in [0.25, 0.3) is 10.6 Å². The quantitative estimate of drug-likeness (QED) is 0.680. The molecule has 4 heterocycles. The molecule has 3 aromatic rings. The molecular weight excluding hydrogens is 398 g/mol. The first kappa shape index (κ1) is 18.6. The van der Waals surface area contributed by atoms with Crippen LogP contribution in [0.3, 0.4) is 0 Å². The summed E-state index contributed by atoms with van der Waals surface area (Å²) in [5.41, 5.74) is 1.18. The van der Waals surface area contributed by atoms with E-state index in [-0.39, 0.29) is 17.7 Å². The van der Waals surface area contributed by atoms with E-state index in [1.807, 2.05) is 17.5 Å². The second kappa shape index (κ2) is 8.12. The van der Waals surface area contributed by atoms with Gasteiger partial charge in [0.2, 0.25) is 5.91 Å². The van der Waals surface area contributed by atoms with Crippen LogP contribution in [0, 0.1) is 5.92 Å². The average Bonchev–Trinajstić information content (AvgIpc) is 3.41. The molecule has 1 atom stereocenters. The van der Waals surface area contributed by atoms with Crippen molar-refractivity contribution in [3.63, 3.8) is 0 Å². The van der Waals surface area contributed by atoms with Gasteiger partial charge in [-0.3, -0.25) is 14.7 Å². The predicted molar refractivity (Wildman–Crippen MR) is 108 cm³/mol. The number of rotatable bonds is 4. The zero-order valence-electron chi connectivity index (χ0n) is 14.9. The monoisotopic (exact) mass is 415 g/mol. The summed E-state index contributed by atoms with van der Waals surface area (Å²) in [4.78, 5) is 32.2. The van der Waals surface area contributed by atoms with E-state index in [9.17, 15) is 9.59 Å². The first-order valence-electron chi connectivity index (χ1n) is 8.91. The first-order valence-corrected chi connectivity index (χ1v) is 10.2. The molecule has 144 valence electrons. The zero-order valence-corrected chi connectivity index (χ0v) is 16.5. The van der Waals surface area contributed by atoms with Gasteiger partial charge in [0.25, 0.3) is 5.91 Å². The lowest BCUT2D eigenvalue weighted by Gasteiger charge is -2.31. The molecule has 0 saturated carbocycles. The summed E-state index contributed by atoms with van der Waals surface area (Å²) >= 11 is 7.40. The number of hydrogen-bond donors (Lipinski definition) is 2. The maximum atomic E-state index is 12.8. The van der Waals surface area contributed by atoms with Crippen LogP contribution >= 0.6 is 22.9 Å². The van der Waals surface area contributed by atoms with Crippen LogP contribution in [0.15, 0.2) is 41.9 Å². The number of halogens is 1. The number of carbonyl (C=O) groups is 2. The predicted octanol–water partition coefficient (Wildman–Crippen LogP) is 3.68. The van der Waals surface area contributed by atoms with E-state index in [1.165, 1.54) is 6.20 Å². The van der Waals surface area contributed by atoms with E-state index in [0.29, 0.717) is 29.6 Å². The Hall–Kier alpha value is -2.71. The number of thiophene rings is 1. The fourth-order valence-corrected chi connectivity index (χ4v) is 4.01. The topological polar surface area (TPSA) is 91.0 Å². The number of piperidine rings is 1. The lowest BCUT2D eigenvalue weighted by molar-refractivity contribution is -0.121. The summed E-state index contributed by atoms with van der Waals surface area (Å²) in [7, 11) is 0. The number of H-pyrrole nitrogens is 1. The third-order valence-corrected chi connectivity index (χ3v) is 5.77. The van der Waals surface area contributed by atoms with E-state index in [0.717, 1.165) is 23.4 Å². The molecule has 2 N–H and O–H groups in total. The molecule has 4 rings (SSSR count). The Labute approximate surface area is 170 Å². The standard InChI is InChI=1S/C19H18ClN5O2S/c20-13-5-6-17(21-10-13)22-18(26)12-3-1-7-25(11-12)19(27)15-9-14(23-24-15)16-4-2-8-28-16/h2,4-6,8-10,12H,1,3,7,11H2,(H,23,24)(H,21,22,26). The van der Waals surface area contributed by atoms with Crippen molar-refractivity contribution in [1.82, 2.24) is 20.1 Å². The van der Waals surface area contributed by atoms with Crippen molar-refractivity contribution in [2.45, 2.75) is 12.8 Å². The number of carbonyl (C=O) groups excluding carboxylic acids is 2. The van der Waals surface area contributed by atoms with Crippen molar-refractivity contribution in [2.24, 2.45) is 5.92 Å². The number of nitrogens with zero attached hydrogens (tertiary/aromatic N) is 3. The molecule has 2 amide bonds. The smallest absolute Gasteiger partial charge is 0.274 e. The molecule has 1 aliphatic rings. The molecule has 1 fully saturated rings. The minimum Gasteiger partial charge on any atom is -0.336 e. The fraction of sp³-hybridized carbons (Fsp3) is 0.263. The van der Waals surface area contributed by atoms with Gasteiger partial charge >= 0.3 is 0 Å². The minimum absolute atomic E-state index is 0.145. The summed E-state index contributed by atoms with van der Waals surface area (Å²) in [5.74, 6) is -0.147. The highest BCUT2D eigenvalue weighted by Crippen LogP contribution is 2.25. The van der Waals surface area contributed by atoms with Crippen LogP contribution in [0.5, 0.6) is 0 Å². The Morgan fingerprint density at radius 2 is 2.21 bits per heavy atom. The van der Waals surface area contributed by atoms with E-state index in [4.69, 9.17) is 11.6 Å². The zero-order chi connectivity index (χ0) is 19.5. The Morgan fingerprint density at radius 1 is 1.32 bits per heavy atom. The number of amides is 2. The highest BCUT2D eigenvalue weighted by Gasteiger charge is 2.30. The van der Waals surface area contributed by atoms with Crippen LogP contribution in [0.4, 0.5) is 5.82 Å². The number of nitrogens with one attached hydrogen (secondary N) is 2.